The molecule has 0 saturated carbocycles. The predicted molar refractivity (Wildman–Crippen MR) is 83.5 cm³/mol. The zero-order chi connectivity index (χ0) is 14.8. The van der Waals surface area contributed by atoms with E-state index in [1.807, 2.05) is 19.1 Å². The lowest BCUT2D eigenvalue weighted by molar-refractivity contribution is 0.340. The van der Waals surface area contributed by atoms with Gasteiger partial charge in [-0.05, 0) is 31.2 Å². The number of nitrogens with two attached hydrogens (primary N) is 1. The number of hydrogen-bond acceptors (Lipinski definition) is 4. The molecule has 0 radical (unpaired) electrons. The molecule has 0 amide bonds. The fourth-order valence-corrected chi connectivity index (χ4v) is 2.23. The van der Waals surface area contributed by atoms with Crippen molar-refractivity contribution in [2.75, 3.05) is 12.3 Å². The fraction of sp³-hybridized carbons (Fsp3) is 0.118. The van der Waals surface area contributed by atoms with Gasteiger partial charge in [0.25, 0.3) is 0 Å². The molecule has 0 atom stereocenters. The van der Waals surface area contributed by atoms with Crippen LogP contribution in [0, 0.1) is 0 Å². The van der Waals surface area contributed by atoms with Crippen LogP contribution in [0.5, 0.6) is 5.75 Å². The number of ether oxygens (including phenoxy) is 1. The Morgan fingerprint density at radius 2 is 2.00 bits per heavy atom. The van der Waals surface area contributed by atoms with Gasteiger partial charge >= 0.3 is 0 Å². The molecule has 1 aromatic heterocycles. The van der Waals surface area contributed by atoms with Crippen LogP contribution in [0.1, 0.15) is 6.92 Å². The van der Waals surface area contributed by atoms with Gasteiger partial charge < -0.3 is 14.9 Å². The summed E-state index contributed by atoms with van der Waals surface area (Å²) in [5.41, 5.74) is 7.59. The first kappa shape index (κ1) is 13.2. The summed E-state index contributed by atoms with van der Waals surface area (Å²) in [4.78, 5) is 12.2. The molecular weight excluding hydrogens is 266 g/mol. The van der Waals surface area contributed by atoms with E-state index in [2.05, 4.69) is 0 Å². The molecule has 0 aliphatic carbocycles. The second-order valence-corrected chi connectivity index (χ2v) is 4.69. The lowest BCUT2D eigenvalue weighted by Gasteiger charge is -2.06. The van der Waals surface area contributed by atoms with Crippen LogP contribution in [0.3, 0.4) is 0 Å². The SMILES string of the molecule is CCOc1ccc2c(=O)cc(-c3cccc(N)c3)oc2c1. The van der Waals surface area contributed by atoms with E-state index >= 15 is 0 Å². The monoisotopic (exact) mass is 281 g/mol. The van der Waals surface area contributed by atoms with Crippen LogP contribution in [0.4, 0.5) is 5.69 Å². The molecule has 4 heteroatoms. The summed E-state index contributed by atoms with van der Waals surface area (Å²) >= 11 is 0. The second-order valence-electron chi connectivity index (χ2n) is 4.69. The Kier molecular flexibility index (Phi) is 3.36. The highest BCUT2D eigenvalue weighted by atomic mass is 16.5. The number of hydrogen-bond donors (Lipinski definition) is 1. The summed E-state index contributed by atoms with van der Waals surface area (Å²) < 4.78 is 11.3. The van der Waals surface area contributed by atoms with Gasteiger partial charge in [-0.2, -0.15) is 0 Å². The molecule has 0 spiro atoms. The maximum atomic E-state index is 12.2. The van der Waals surface area contributed by atoms with Gasteiger partial charge in [-0.3, -0.25) is 4.79 Å². The van der Waals surface area contributed by atoms with Crippen molar-refractivity contribution >= 4 is 16.7 Å². The number of anilines is 1. The smallest absolute Gasteiger partial charge is 0.193 e. The Balaban J connectivity index is 2.19. The van der Waals surface area contributed by atoms with Crippen LogP contribution in [0.15, 0.2) is 57.7 Å². The molecule has 2 aromatic carbocycles. The minimum atomic E-state index is -0.0864. The van der Waals surface area contributed by atoms with Crippen molar-refractivity contribution in [3.63, 3.8) is 0 Å². The van der Waals surface area contributed by atoms with Crippen molar-refractivity contribution in [3.8, 4) is 17.1 Å². The summed E-state index contributed by atoms with van der Waals surface area (Å²) in [6, 6.07) is 13.9. The number of nitrogen functional groups attached to an aromatic ring is 1. The second kappa shape index (κ2) is 5.32. The van der Waals surface area contributed by atoms with E-state index < -0.39 is 0 Å². The van der Waals surface area contributed by atoms with E-state index in [-0.39, 0.29) is 5.43 Å². The van der Waals surface area contributed by atoms with Crippen molar-refractivity contribution in [1.29, 1.82) is 0 Å². The molecule has 4 nitrogen and oxygen atoms in total. The normalized spacial score (nSPS) is 10.7. The maximum Gasteiger partial charge on any atom is 0.193 e. The fourth-order valence-electron chi connectivity index (χ4n) is 2.23. The maximum absolute atomic E-state index is 12.2. The van der Waals surface area contributed by atoms with Gasteiger partial charge in [-0.15, -0.1) is 0 Å². The molecule has 0 saturated heterocycles. The molecule has 3 aromatic rings. The number of rotatable bonds is 3. The summed E-state index contributed by atoms with van der Waals surface area (Å²) in [5, 5.41) is 0.533. The standard InChI is InChI=1S/C17H15NO3/c1-2-20-13-6-7-14-15(19)10-16(21-17(14)9-13)11-4-3-5-12(18)8-11/h3-10H,2,18H2,1H3. The number of benzene rings is 2. The number of fused-ring (bicyclic) bond motifs is 1. The van der Waals surface area contributed by atoms with Gasteiger partial charge in [-0.25, -0.2) is 0 Å². The molecule has 0 fully saturated rings. The average Bonchev–Trinajstić information content (AvgIpc) is 2.47. The van der Waals surface area contributed by atoms with Gasteiger partial charge in [0.1, 0.15) is 17.1 Å². The van der Waals surface area contributed by atoms with Gasteiger partial charge in [0.2, 0.25) is 0 Å². The summed E-state index contributed by atoms with van der Waals surface area (Å²) in [5.74, 6) is 1.17. The minimum Gasteiger partial charge on any atom is -0.494 e. The van der Waals surface area contributed by atoms with Gasteiger partial charge in [-0.1, -0.05) is 12.1 Å². The van der Waals surface area contributed by atoms with E-state index in [0.29, 0.717) is 34.8 Å². The first-order chi connectivity index (χ1) is 10.2. The van der Waals surface area contributed by atoms with Crippen molar-refractivity contribution in [3.05, 3.63) is 58.8 Å². The largest absolute Gasteiger partial charge is 0.494 e. The topological polar surface area (TPSA) is 65.5 Å². The Hall–Kier alpha value is -2.75. The first-order valence-corrected chi connectivity index (χ1v) is 6.74. The van der Waals surface area contributed by atoms with E-state index in [9.17, 15) is 4.79 Å². The molecule has 3 rings (SSSR count). The Bertz CT molecular complexity index is 852. The highest BCUT2D eigenvalue weighted by Gasteiger charge is 2.08. The van der Waals surface area contributed by atoms with Crippen LogP contribution >= 0.6 is 0 Å². The van der Waals surface area contributed by atoms with Crippen LogP contribution in [0.2, 0.25) is 0 Å². The third-order valence-electron chi connectivity index (χ3n) is 3.18. The van der Waals surface area contributed by atoms with E-state index in [1.54, 1.807) is 30.3 Å². The highest BCUT2D eigenvalue weighted by Crippen LogP contribution is 2.25. The molecule has 1 heterocycles. The first-order valence-electron chi connectivity index (χ1n) is 6.74. The van der Waals surface area contributed by atoms with E-state index in [0.717, 1.165) is 5.56 Å². The molecule has 2 N–H and O–H groups in total. The summed E-state index contributed by atoms with van der Waals surface area (Å²) in [7, 11) is 0. The lowest BCUT2D eigenvalue weighted by Crippen LogP contribution is -2.01. The molecular formula is C17H15NO3. The highest BCUT2D eigenvalue weighted by molar-refractivity contribution is 5.80. The lowest BCUT2D eigenvalue weighted by atomic mass is 10.1. The van der Waals surface area contributed by atoms with Crippen molar-refractivity contribution < 1.29 is 9.15 Å². The Morgan fingerprint density at radius 3 is 2.76 bits per heavy atom. The van der Waals surface area contributed by atoms with Crippen LogP contribution in [-0.2, 0) is 0 Å². The summed E-state index contributed by atoms with van der Waals surface area (Å²) in [6.45, 7) is 2.47. The van der Waals surface area contributed by atoms with Crippen LogP contribution in [0.25, 0.3) is 22.3 Å². The molecule has 106 valence electrons. The van der Waals surface area contributed by atoms with Crippen LogP contribution in [-0.4, -0.2) is 6.61 Å². The van der Waals surface area contributed by atoms with E-state index in [1.165, 1.54) is 6.07 Å². The zero-order valence-electron chi connectivity index (χ0n) is 11.6. The van der Waals surface area contributed by atoms with Crippen molar-refractivity contribution in [2.24, 2.45) is 0 Å². The van der Waals surface area contributed by atoms with E-state index in [4.69, 9.17) is 14.9 Å². The zero-order valence-corrected chi connectivity index (χ0v) is 11.6. The Labute approximate surface area is 121 Å². The third-order valence-corrected chi connectivity index (χ3v) is 3.18. The minimum absolute atomic E-state index is 0.0864. The van der Waals surface area contributed by atoms with Gasteiger partial charge in [0, 0.05) is 23.4 Å². The molecule has 0 aliphatic rings. The van der Waals surface area contributed by atoms with Gasteiger partial charge in [0.05, 0.1) is 12.0 Å². The molecule has 0 unspecified atom stereocenters. The third kappa shape index (κ3) is 2.60. The molecule has 0 aliphatic heterocycles. The Morgan fingerprint density at radius 1 is 1.14 bits per heavy atom. The van der Waals surface area contributed by atoms with Gasteiger partial charge in [0.15, 0.2) is 5.43 Å². The van der Waals surface area contributed by atoms with Crippen molar-refractivity contribution in [2.45, 2.75) is 6.92 Å². The average molecular weight is 281 g/mol. The quantitative estimate of drug-likeness (QED) is 0.747. The van der Waals surface area contributed by atoms with Crippen molar-refractivity contribution in [1.82, 2.24) is 0 Å². The molecule has 21 heavy (non-hydrogen) atoms. The summed E-state index contributed by atoms with van der Waals surface area (Å²) in [6.07, 6.45) is 0. The van der Waals surface area contributed by atoms with Crippen LogP contribution < -0.4 is 15.9 Å². The molecule has 0 bridgehead atoms. The predicted octanol–water partition coefficient (Wildman–Crippen LogP) is 3.44.